The molecule has 2 rings (SSSR count). The third kappa shape index (κ3) is 3.00. The topological polar surface area (TPSA) is 29.5 Å². The van der Waals surface area contributed by atoms with Crippen molar-refractivity contribution in [3.63, 3.8) is 0 Å². The SMILES string of the molecule is CCOc1ccc(C(=O)N2CCC(Br)C2)cc1. The highest BCUT2D eigenvalue weighted by Crippen LogP contribution is 2.20. The van der Waals surface area contributed by atoms with Crippen molar-refractivity contribution in [1.29, 1.82) is 0 Å². The molecular weight excluding hydrogens is 282 g/mol. The van der Waals surface area contributed by atoms with Gasteiger partial charge in [-0.15, -0.1) is 0 Å². The summed E-state index contributed by atoms with van der Waals surface area (Å²) in [5.74, 6) is 0.916. The van der Waals surface area contributed by atoms with Crippen LogP contribution in [0.15, 0.2) is 24.3 Å². The normalized spacial score (nSPS) is 19.4. The zero-order valence-electron chi connectivity index (χ0n) is 9.86. The van der Waals surface area contributed by atoms with Crippen LogP contribution in [-0.4, -0.2) is 35.3 Å². The molecule has 92 valence electrons. The summed E-state index contributed by atoms with van der Waals surface area (Å²) in [7, 11) is 0. The number of carbonyl (C=O) groups excluding carboxylic acids is 1. The minimum Gasteiger partial charge on any atom is -0.494 e. The third-order valence-electron chi connectivity index (χ3n) is 2.83. The molecule has 1 amide bonds. The highest BCUT2D eigenvalue weighted by Gasteiger charge is 2.24. The van der Waals surface area contributed by atoms with Gasteiger partial charge in [0, 0.05) is 23.5 Å². The van der Waals surface area contributed by atoms with Crippen LogP contribution in [0, 0.1) is 0 Å². The number of halogens is 1. The first-order valence-corrected chi connectivity index (χ1v) is 6.78. The maximum atomic E-state index is 12.1. The van der Waals surface area contributed by atoms with Crippen molar-refractivity contribution in [3.8, 4) is 5.75 Å². The van der Waals surface area contributed by atoms with Gasteiger partial charge in [0.05, 0.1) is 6.61 Å². The highest BCUT2D eigenvalue weighted by atomic mass is 79.9. The number of amides is 1. The summed E-state index contributed by atoms with van der Waals surface area (Å²) in [5, 5.41) is 0. The van der Waals surface area contributed by atoms with Crippen LogP contribution in [0.4, 0.5) is 0 Å². The molecule has 0 N–H and O–H groups in total. The molecule has 3 nitrogen and oxygen atoms in total. The van der Waals surface area contributed by atoms with Crippen LogP contribution in [-0.2, 0) is 0 Å². The van der Waals surface area contributed by atoms with Crippen LogP contribution in [0.25, 0.3) is 0 Å². The minimum absolute atomic E-state index is 0.106. The number of hydrogen-bond acceptors (Lipinski definition) is 2. The van der Waals surface area contributed by atoms with Crippen molar-refractivity contribution in [3.05, 3.63) is 29.8 Å². The Kier molecular flexibility index (Phi) is 4.05. The van der Waals surface area contributed by atoms with Gasteiger partial charge in [-0.2, -0.15) is 0 Å². The zero-order chi connectivity index (χ0) is 12.3. The van der Waals surface area contributed by atoms with Crippen molar-refractivity contribution in [2.24, 2.45) is 0 Å². The molecule has 0 radical (unpaired) electrons. The Labute approximate surface area is 110 Å². The standard InChI is InChI=1S/C13H16BrNO2/c1-2-17-12-5-3-10(4-6-12)13(16)15-8-7-11(14)9-15/h3-6,11H,2,7-9H2,1H3. The van der Waals surface area contributed by atoms with Gasteiger partial charge in [-0.1, -0.05) is 15.9 Å². The first kappa shape index (κ1) is 12.4. The molecule has 1 heterocycles. The van der Waals surface area contributed by atoms with Crippen LogP contribution in [0.2, 0.25) is 0 Å². The molecular formula is C13H16BrNO2. The summed E-state index contributed by atoms with van der Waals surface area (Å²) in [6.45, 7) is 4.22. The van der Waals surface area contributed by atoms with Gasteiger partial charge in [0.15, 0.2) is 0 Å². The summed E-state index contributed by atoms with van der Waals surface area (Å²) in [6, 6.07) is 7.35. The van der Waals surface area contributed by atoms with Gasteiger partial charge in [-0.3, -0.25) is 4.79 Å². The van der Waals surface area contributed by atoms with Gasteiger partial charge >= 0.3 is 0 Å². The van der Waals surface area contributed by atoms with Crippen LogP contribution in [0.1, 0.15) is 23.7 Å². The second kappa shape index (κ2) is 5.54. The minimum atomic E-state index is 0.106. The highest BCUT2D eigenvalue weighted by molar-refractivity contribution is 9.09. The summed E-state index contributed by atoms with van der Waals surface area (Å²) in [5.41, 5.74) is 0.732. The second-order valence-electron chi connectivity index (χ2n) is 4.09. The van der Waals surface area contributed by atoms with Crippen molar-refractivity contribution in [2.45, 2.75) is 18.2 Å². The zero-order valence-corrected chi connectivity index (χ0v) is 11.4. The summed E-state index contributed by atoms with van der Waals surface area (Å²) < 4.78 is 5.35. The van der Waals surface area contributed by atoms with E-state index in [0.717, 1.165) is 30.8 Å². The summed E-state index contributed by atoms with van der Waals surface area (Å²) >= 11 is 3.54. The lowest BCUT2D eigenvalue weighted by atomic mass is 10.2. The van der Waals surface area contributed by atoms with E-state index in [1.165, 1.54) is 0 Å². The maximum absolute atomic E-state index is 12.1. The average molecular weight is 298 g/mol. The van der Waals surface area contributed by atoms with E-state index in [1.54, 1.807) is 0 Å². The van der Waals surface area contributed by atoms with Gasteiger partial charge < -0.3 is 9.64 Å². The molecule has 0 bridgehead atoms. The van der Waals surface area contributed by atoms with Crippen LogP contribution in [0.3, 0.4) is 0 Å². The molecule has 1 aromatic rings. The predicted octanol–water partition coefficient (Wildman–Crippen LogP) is 2.69. The molecule has 0 saturated carbocycles. The Morgan fingerprint density at radius 1 is 1.47 bits per heavy atom. The molecule has 1 saturated heterocycles. The Morgan fingerprint density at radius 3 is 2.71 bits per heavy atom. The Balaban J connectivity index is 2.04. The third-order valence-corrected chi connectivity index (χ3v) is 3.58. The van der Waals surface area contributed by atoms with Crippen molar-refractivity contribution in [1.82, 2.24) is 4.90 Å². The average Bonchev–Trinajstić information content (AvgIpc) is 2.76. The lowest BCUT2D eigenvalue weighted by Crippen LogP contribution is -2.28. The molecule has 17 heavy (non-hydrogen) atoms. The lowest BCUT2D eigenvalue weighted by Gasteiger charge is -2.15. The van der Waals surface area contributed by atoms with Crippen molar-refractivity contribution in [2.75, 3.05) is 19.7 Å². The van der Waals surface area contributed by atoms with E-state index in [0.29, 0.717) is 11.4 Å². The van der Waals surface area contributed by atoms with Crippen LogP contribution >= 0.6 is 15.9 Å². The second-order valence-corrected chi connectivity index (χ2v) is 5.39. The van der Waals surface area contributed by atoms with Crippen LogP contribution < -0.4 is 4.74 Å². The predicted molar refractivity (Wildman–Crippen MR) is 70.8 cm³/mol. The fraction of sp³-hybridized carbons (Fsp3) is 0.462. The van der Waals surface area contributed by atoms with Crippen molar-refractivity contribution < 1.29 is 9.53 Å². The number of hydrogen-bond donors (Lipinski definition) is 0. The first-order chi connectivity index (χ1) is 8.20. The van der Waals surface area contributed by atoms with Gasteiger partial charge in [-0.25, -0.2) is 0 Å². The van der Waals surface area contributed by atoms with E-state index < -0.39 is 0 Å². The molecule has 0 aromatic heterocycles. The molecule has 1 fully saturated rings. The van der Waals surface area contributed by atoms with Gasteiger partial charge in [0.1, 0.15) is 5.75 Å². The van der Waals surface area contributed by atoms with Crippen LogP contribution in [0.5, 0.6) is 5.75 Å². The fourth-order valence-corrected chi connectivity index (χ4v) is 2.50. The monoisotopic (exact) mass is 297 g/mol. The maximum Gasteiger partial charge on any atom is 0.253 e. The van der Waals surface area contributed by atoms with E-state index in [-0.39, 0.29) is 5.91 Å². The molecule has 0 spiro atoms. The number of ether oxygens (including phenoxy) is 1. The van der Waals surface area contributed by atoms with Crippen molar-refractivity contribution >= 4 is 21.8 Å². The Hall–Kier alpha value is -1.03. The first-order valence-electron chi connectivity index (χ1n) is 5.87. The fourth-order valence-electron chi connectivity index (χ4n) is 1.95. The molecule has 1 unspecified atom stereocenters. The largest absolute Gasteiger partial charge is 0.494 e. The molecule has 1 atom stereocenters. The Bertz CT molecular complexity index is 391. The molecule has 1 aliphatic heterocycles. The quantitative estimate of drug-likeness (QED) is 0.803. The van der Waals surface area contributed by atoms with E-state index >= 15 is 0 Å². The van der Waals surface area contributed by atoms with E-state index in [4.69, 9.17) is 4.74 Å². The smallest absolute Gasteiger partial charge is 0.253 e. The van der Waals surface area contributed by atoms with E-state index in [9.17, 15) is 4.79 Å². The van der Waals surface area contributed by atoms with Gasteiger partial charge in [0.2, 0.25) is 0 Å². The number of alkyl halides is 1. The Morgan fingerprint density at radius 2 is 2.18 bits per heavy atom. The summed E-state index contributed by atoms with van der Waals surface area (Å²) in [6.07, 6.45) is 1.03. The molecule has 4 heteroatoms. The van der Waals surface area contributed by atoms with E-state index in [2.05, 4.69) is 15.9 Å². The number of rotatable bonds is 3. The number of nitrogens with zero attached hydrogens (tertiary/aromatic N) is 1. The molecule has 1 aromatic carbocycles. The van der Waals surface area contributed by atoms with Gasteiger partial charge in [0.25, 0.3) is 5.91 Å². The van der Waals surface area contributed by atoms with E-state index in [1.807, 2.05) is 36.1 Å². The summed E-state index contributed by atoms with van der Waals surface area (Å²) in [4.78, 5) is 14.4. The number of likely N-dealkylation sites (tertiary alicyclic amines) is 1. The number of carbonyl (C=O) groups is 1. The molecule has 1 aliphatic rings. The molecule has 0 aliphatic carbocycles. The lowest BCUT2D eigenvalue weighted by molar-refractivity contribution is 0.0793. The van der Waals surface area contributed by atoms with Gasteiger partial charge in [-0.05, 0) is 37.6 Å². The number of benzene rings is 1.